The standard InChI is InChI=1S/C13H16BrN3O/c1-9(13-4-5-15-17(13)2)16-11-6-10(14)7-12(8-11)18-3/h4-9,16H,1-3H3. The largest absolute Gasteiger partial charge is 0.497 e. The van der Waals surface area contributed by atoms with E-state index < -0.39 is 0 Å². The minimum atomic E-state index is 0.177. The Morgan fingerprint density at radius 1 is 1.39 bits per heavy atom. The summed E-state index contributed by atoms with van der Waals surface area (Å²) in [5.41, 5.74) is 2.14. The molecule has 2 aromatic rings. The van der Waals surface area contributed by atoms with Crippen molar-refractivity contribution in [2.45, 2.75) is 13.0 Å². The van der Waals surface area contributed by atoms with Gasteiger partial charge in [0.25, 0.3) is 0 Å². The van der Waals surface area contributed by atoms with Crippen LogP contribution in [-0.4, -0.2) is 16.9 Å². The van der Waals surface area contributed by atoms with Crippen molar-refractivity contribution in [2.75, 3.05) is 12.4 Å². The minimum Gasteiger partial charge on any atom is -0.497 e. The molecule has 1 aromatic carbocycles. The van der Waals surface area contributed by atoms with E-state index in [0.717, 1.165) is 21.6 Å². The molecular formula is C13H16BrN3O. The number of halogens is 1. The molecule has 1 unspecified atom stereocenters. The second kappa shape index (κ2) is 5.44. The first-order valence-corrected chi connectivity index (χ1v) is 6.48. The molecule has 0 bridgehead atoms. The van der Waals surface area contributed by atoms with Gasteiger partial charge in [-0.3, -0.25) is 4.68 Å². The summed E-state index contributed by atoms with van der Waals surface area (Å²) in [6.07, 6.45) is 1.80. The Kier molecular flexibility index (Phi) is 3.91. The fraction of sp³-hybridized carbons (Fsp3) is 0.308. The molecule has 4 nitrogen and oxygen atoms in total. The highest BCUT2D eigenvalue weighted by Gasteiger charge is 2.10. The summed E-state index contributed by atoms with van der Waals surface area (Å²) in [5.74, 6) is 0.823. The highest BCUT2D eigenvalue weighted by atomic mass is 79.9. The number of nitrogens with zero attached hydrogens (tertiary/aromatic N) is 2. The number of rotatable bonds is 4. The normalized spacial score (nSPS) is 12.2. The topological polar surface area (TPSA) is 39.1 Å². The predicted molar refractivity (Wildman–Crippen MR) is 75.9 cm³/mol. The number of hydrogen-bond acceptors (Lipinski definition) is 3. The molecule has 1 N–H and O–H groups in total. The molecule has 1 heterocycles. The zero-order valence-electron chi connectivity index (χ0n) is 10.6. The van der Waals surface area contributed by atoms with Gasteiger partial charge in [0.15, 0.2) is 0 Å². The van der Waals surface area contributed by atoms with Crippen molar-refractivity contribution in [3.8, 4) is 5.75 Å². The summed E-state index contributed by atoms with van der Waals surface area (Å²) in [6, 6.07) is 8.11. The molecule has 0 amide bonds. The van der Waals surface area contributed by atoms with E-state index in [1.807, 2.05) is 36.0 Å². The van der Waals surface area contributed by atoms with Gasteiger partial charge in [-0.25, -0.2) is 0 Å². The second-order valence-electron chi connectivity index (χ2n) is 4.13. The van der Waals surface area contributed by atoms with E-state index >= 15 is 0 Å². The van der Waals surface area contributed by atoms with Gasteiger partial charge in [0.05, 0.1) is 18.8 Å². The van der Waals surface area contributed by atoms with Crippen molar-refractivity contribution >= 4 is 21.6 Å². The van der Waals surface area contributed by atoms with Gasteiger partial charge in [0.1, 0.15) is 5.75 Å². The van der Waals surface area contributed by atoms with Crippen LogP contribution in [0.4, 0.5) is 5.69 Å². The van der Waals surface area contributed by atoms with Crippen molar-refractivity contribution in [3.63, 3.8) is 0 Å². The van der Waals surface area contributed by atoms with E-state index in [4.69, 9.17) is 4.74 Å². The Balaban J connectivity index is 2.19. The molecule has 1 aromatic heterocycles. The monoisotopic (exact) mass is 309 g/mol. The van der Waals surface area contributed by atoms with Crippen LogP contribution in [0.15, 0.2) is 34.9 Å². The van der Waals surface area contributed by atoms with Gasteiger partial charge in [0.2, 0.25) is 0 Å². The first-order chi connectivity index (χ1) is 8.60. The molecule has 0 saturated carbocycles. The number of ether oxygens (including phenoxy) is 1. The van der Waals surface area contributed by atoms with E-state index in [2.05, 4.69) is 33.3 Å². The highest BCUT2D eigenvalue weighted by molar-refractivity contribution is 9.10. The average molecular weight is 310 g/mol. The molecule has 0 spiro atoms. The summed E-state index contributed by atoms with van der Waals surface area (Å²) in [5, 5.41) is 7.60. The first kappa shape index (κ1) is 13.0. The first-order valence-electron chi connectivity index (χ1n) is 5.69. The molecule has 0 radical (unpaired) electrons. The molecule has 0 aliphatic carbocycles. The Morgan fingerprint density at radius 3 is 2.78 bits per heavy atom. The van der Waals surface area contributed by atoms with Gasteiger partial charge < -0.3 is 10.1 Å². The molecule has 0 saturated heterocycles. The van der Waals surface area contributed by atoms with E-state index in [1.54, 1.807) is 13.3 Å². The summed E-state index contributed by atoms with van der Waals surface area (Å²) in [6.45, 7) is 2.10. The Hall–Kier alpha value is -1.49. The van der Waals surface area contributed by atoms with Crippen LogP contribution in [-0.2, 0) is 7.05 Å². The number of methoxy groups -OCH3 is 1. The Bertz CT molecular complexity index is 539. The predicted octanol–water partition coefficient (Wildman–Crippen LogP) is 3.36. The molecule has 5 heteroatoms. The van der Waals surface area contributed by atoms with Crippen molar-refractivity contribution in [2.24, 2.45) is 7.05 Å². The van der Waals surface area contributed by atoms with Gasteiger partial charge in [-0.15, -0.1) is 0 Å². The third-order valence-corrected chi connectivity index (χ3v) is 3.25. The van der Waals surface area contributed by atoms with Crippen LogP contribution < -0.4 is 10.1 Å². The lowest BCUT2D eigenvalue weighted by Gasteiger charge is -2.16. The van der Waals surface area contributed by atoms with Gasteiger partial charge in [0, 0.05) is 29.5 Å². The SMILES string of the molecule is COc1cc(Br)cc(NC(C)c2ccnn2C)c1. The number of benzene rings is 1. The van der Waals surface area contributed by atoms with Crippen molar-refractivity contribution in [1.29, 1.82) is 0 Å². The van der Waals surface area contributed by atoms with Crippen LogP contribution in [0.1, 0.15) is 18.7 Å². The van der Waals surface area contributed by atoms with Crippen LogP contribution >= 0.6 is 15.9 Å². The lowest BCUT2D eigenvalue weighted by Crippen LogP contribution is -2.11. The quantitative estimate of drug-likeness (QED) is 0.941. The molecular weight excluding hydrogens is 294 g/mol. The maximum Gasteiger partial charge on any atom is 0.122 e. The van der Waals surface area contributed by atoms with Crippen LogP contribution in [0.3, 0.4) is 0 Å². The van der Waals surface area contributed by atoms with E-state index in [9.17, 15) is 0 Å². The number of aromatic nitrogens is 2. The minimum absolute atomic E-state index is 0.177. The van der Waals surface area contributed by atoms with Crippen LogP contribution in [0.5, 0.6) is 5.75 Å². The highest BCUT2D eigenvalue weighted by Crippen LogP contribution is 2.27. The van der Waals surface area contributed by atoms with Gasteiger partial charge in [-0.1, -0.05) is 15.9 Å². The van der Waals surface area contributed by atoms with Crippen LogP contribution in [0.2, 0.25) is 0 Å². The van der Waals surface area contributed by atoms with Crippen LogP contribution in [0.25, 0.3) is 0 Å². The zero-order chi connectivity index (χ0) is 13.1. The van der Waals surface area contributed by atoms with Crippen molar-refractivity contribution in [3.05, 3.63) is 40.6 Å². The molecule has 96 valence electrons. The number of aryl methyl sites for hydroxylation is 1. The van der Waals surface area contributed by atoms with E-state index in [1.165, 1.54) is 0 Å². The number of anilines is 1. The van der Waals surface area contributed by atoms with Crippen LogP contribution in [0, 0.1) is 0 Å². The molecule has 0 aliphatic rings. The van der Waals surface area contributed by atoms with Gasteiger partial charge in [-0.05, 0) is 25.1 Å². The lowest BCUT2D eigenvalue weighted by atomic mass is 10.2. The number of nitrogens with one attached hydrogen (secondary N) is 1. The molecule has 0 aliphatic heterocycles. The molecule has 0 fully saturated rings. The fourth-order valence-electron chi connectivity index (χ4n) is 1.90. The smallest absolute Gasteiger partial charge is 0.122 e. The van der Waals surface area contributed by atoms with E-state index in [0.29, 0.717) is 0 Å². The molecule has 2 rings (SSSR count). The molecule has 18 heavy (non-hydrogen) atoms. The van der Waals surface area contributed by atoms with Gasteiger partial charge >= 0.3 is 0 Å². The Morgan fingerprint density at radius 2 is 2.17 bits per heavy atom. The number of hydrogen-bond donors (Lipinski definition) is 1. The average Bonchev–Trinajstić information content (AvgIpc) is 2.74. The maximum absolute atomic E-state index is 5.24. The van der Waals surface area contributed by atoms with Crippen molar-refractivity contribution < 1.29 is 4.74 Å². The Labute approximate surface area is 115 Å². The summed E-state index contributed by atoms with van der Waals surface area (Å²) in [4.78, 5) is 0. The third-order valence-electron chi connectivity index (χ3n) is 2.79. The summed E-state index contributed by atoms with van der Waals surface area (Å²) in [7, 11) is 3.60. The summed E-state index contributed by atoms with van der Waals surface area (Å²) >= 11 is 3.47. The maximum atomic E-state index is 5.24. The van der Waals surface area contributed by atoms with Gasteiger partial charge in [-0.2, -0.15) is 5.10 Å². The summed E-state index contributed by atoms with van der Waals surface area (Å²) < 4.78 is 8.10. The molecule has 1 atom stereocenters. The van der Waals surface area contributed by atoms with Crippen molar-refractivity contribution in [1.82, 2.24) is 9.78 Å². The second-order valence-corrected chi connectivity index (χ2v) is 5.04. The van der Waals surface area contributed by atoms with E-state index in [-0.39, 0.29) is 6.04 Å². The fourth-order valence-corrected chi connectivity index (χ4v) is 2.37. The zero-order valence-corrected chi connectivity index (χ0v) is 12.2. The third kappa shape index (κ3) is 2.85. The lowest BCUT2D eigenvalue weighted by molar-refractivity contribution is 0.414.